The lowest BCUT2D eigenvalue weighted by atomic mass is 10.2. The molecular weight excluding hydrogens is 284 g/mol. The van der Waals surface area contributed by atoms with Crippen molar-refractivity contribution in [2.75, 3.05) is 30.8 Å². The predicted octanol–water partition coefficient (Wildman–Crippen LogP) is 3.28. The summed E-state index contributed by atoms with van der Waals surface area (Å²) < 4.78 is 5.66. The van der Waals surface area contributed by atoms with Crippen molar-refractivity contribution in [3.63, 3.8) is 0 Å². The molecule has 0 aliphatic carbocycles. The number of nitrogens with one attached hydrogen (secondary N) is 2. The zero-order chi connectivity index (χ0) is 14.7. The Bertz CT molecular complexity index is 607. The summed E-state index contributed by atoms with van der Waals surface area (Å²) in [5.41, 5.74) is 0. The number of rotatable bonds is 6. The van der Waals surface area contributed by atoms with Crippen LogP contribution in [-0.4, -0.2) is 36.3 Å². The van der Waals surface area contributed by atoms with E-state index in [0.717, 1.165) is 42.0 Å². The van der Waals surface area contributed by atoms with Crippen molar-refractivity contribution in [3.05, 3.63) is 10.9 Å². The van der Waals surface area contributed by atoms with Gasteiger partial charge in [0.05, 0.1) is 11.5 Å². The highest BCUT2D eigenvalue weighted by Crippen LogP contribution is 2.30. The third-order valence-electron chi connectivity index (χ3n) is 3.80. The van der Waals surface area contributed by atoms with E-state index < -0.39 is 0 Å². The van der Waals surface area contributed by atoms with Crippen LogP contribution in [0.4, 0.5) is 11.8 Å². The summed E-state index contributed by atoms with van der Waals surface area (Å²) in [5, 5.41) is 7.63. The van der Waals surface area contributed by atoms with Crippen molar-refractivity contribution in [3.8, 4) is 0 Å². The van der Waals surface area contributed by atoms with E-state index in [1.54, 1.807) is 11.3 Å². The van der Waals surface area contributed by atoms with Gasteiger partial charge in [-0.2, -0.15) is 4.98 Å². The van der Waals surface area contributed by atoms with E-state index in [0.29, 0.717) is 12.1 Å². The van der Waals surface area contributed by atoms with Crippen molar-refractivity contribution in [2.45, 2.75) is 38.7 Å². The van der Waals surface area contributed by atoms with Crippen LogP contribution in [0, 0.1) is 0 Å². The van der Waals surface area contributed by atoms with E-state index >= 15 is 0 Å². The number of hydrogen-bond donors (Lipinski definition) is 2. The minimum atomic E-state index is 0.410. The lowest BCUT2D eigenvalue weighted by Crippen LogP contribution is -2.13. The van der Waals surface area contributed by atoms with Gasteiger partial charge < -0.3 is 15.4 Å². The van der Waals surface area contributed by atoms with E-state index in [2.05, 4.69) is 33.6 Å². The van der Waals surface area contributed by atoms with Crippen molar-refractivity contribution in [2.24, 2.45) is 0 Å². The Morgan fingerprint density at radius 3 is 3.05 bits per heavy atom. The molecular formula is C15H22N4OS. The number of nitrogens with zero attached hydrogens (tertiary/aromatic N) is 2. The van der Waals surface area contributed by atoms with Crippen LogP contribution in [0.5, 0.6) is 0 Å². The van der Waals surface area contributed by atoms with E-state index in [9.17, 15) is 0 Å². The largest absolute Gasteiger partial charge is 0.378 e. The predicted molar refractivity (Wildman–Crippen MR) is 88.4 cm³/mol. The van der Waals surface area contributed by atoms with Crippen molar-refractivity contribution >= 4 is 33.3 Å². The molecule has 1 atom stereocenters. The Morgan fingerprint density at radius 2 is 2.33 bits per heavy atom. The van der Waals surface area contributed by atoms with Gasteiger partial charge in [-0.3, -0.25) is 0 Å². The molecule has 1 unspecified atom stereocenters. The second-order valence-corrected chi connectivity index (χ2v) is 6.40. The van der Waals surface area contributed by atoms with Crippen LogP contribution < -0.4 is 10.6 Å². The van der Waals surface area contributed by atoms with Crippen molar-refractivity contribution < 1.29 is 4.74 Å². The zero-order valence-electron chi connectivity index (χ0n) is 12.6. The maximum absolute atomic E-state index is 5.66. The van der Waals surface area contributed by atoms with E-state index in [1.165, 1.54) is 17.7 Å². The Labute approximate surface area is 129 Å². The molecule has 0 spiro atoms. The van der Waals surface area contributed by atoms with Crippen molar-refractivity contribution in [1.82, 2.24) is 9.97 Å². The summed E-state index contributed by atoms with van der Waals surface area (Å²) in [5.74, 6) is 1.60. The number of aromatic nitrogens is 2. The fraction of sp³-hybridized carbons (Fsp3) is 0.600. The Kier molecular flexibility index (Phi) is 4.55. The Hall–Kier alpha value is -1.40. The Balaban J connectivity index is 1.76. The molecule has 0 amide bonds. The maximum atomic E-state index is 5.66. The SMILES string of the molecule is CCc1cc2c(NCCC3CCCO3)nc(NC)nc2s1. The molecule has 5 nitrogen and oxygen atoms in total. The van der Waals surface area contributed by atoms with Gasteiger partial charge in [-0.05, 0) is 31.7 Å². The standard InChI is InChI=1S/C15H22N4OS/c1-3-11-9-12-13(17-7-6-10-5-4-8-20-10)18-15(16-2)19-14(12)21-11/h9-10H,3-8H2,1-2H3,(H2,16,17,18,19). The highest BCUT2D eigenvalue weighted by molar-refractivity contribution is 7.18. The minimum absolute atomic E-state index is 0.410. The molecule has 0 aromatic carbocycles. The van der Waals surface area contributed by atoms with Crippen LogP contribution in [0.3, 0.4) is 0 Å². The number of anilines is 2. The summed E-state index contributed by atoms with van der Waals surface area (Å²) in [6.07, 6.45) is 4.85. The number of fused-ring (bicyclic) bond motifs is 1. The normalized spacial score (nSPS) is 18.3. The summed E-state index contributed by atoms with van der Waals surface area (Å²) in [6, 6.07) is 2.20. The zero-order valence-corrected chi connectivity index (χ0v) is 13.4. The van der Waals surface area contributed by atoms with Crippen LogP contribution in [-0.2, 0) is 11.2 Å². The molecule has 2 aromatic rings. The molecule has 114 valence electrons. The highest BCUT2D eigenvalue weighted by Gasteiger charge is 2.16. The number of aryl methyl sites for hydroxylation is 1. The molecule has 0 bridgehead atoms. The first-order chi connectivity index (χ1) is 10.3. The average Bonchev–Trinajstić information content (AvgIpc) is 3.15. The molecule has 3 heterocycles. The molecule has 0 saturated carbocycles. The summed E-state index contributed by atoms with van der Waals surface area (Å²) in [6.45, 7) is 3.97. The van der Waals surface area contributed by atoms with Gasteiger partial charge in [0.1, 0.15) is 10.6 Å². The molecule has 6 heteroatoms. The van der Waals surface area contributed by atoms with Gasteiger partial charge in [-0.1, -0.05) is 6.92 Å². The molecule has 0 radical (unpaired) electrons. The Morgan fingerprint density at radius 1 is 1.43 bits per heavy atom. The molecule has 2 N–H and O–H groups in total. The van der Waals surface area contributed by atoms with Gasteiger partial charge >= 0.3 is 0 Å². The molecule has 1 fully saturated rings. The van der Waals surface area contributed by atoms with Crippen LogP contribution in [0.2, 0.25) is 0 Å². The molecule has 1 aliphatic rings. The molecule has 1 aliphatic heterocycles. The lowest BCUT2D eigenvalue weighted by molar-refractivity contribution is 0.107. The number of thiophene rings is 1. The minimum Gasteiger partial charge on any atom is -0.378 e. The van der Waals surface area contributed by atoms with E-state index in [-0.39, 0.29) is 0 Å². The van der Waals surface area contributed by atoms with Crippen LogP contribution in [0.15, 0.2) is 6.07 Å². The van der Waals surface area contributed by atoms with Gasteiger partial charge in [-0.25, -0.2) is 4.98 Å². The smallest absolute Gasteiger partial charge is 0.225 e. The summed E-state index contributed by atoms with van der Waals surface area (Å²) >= 11 is 1.74. The summed E-state index contributed by atoms with van der Waals surface area (Å²) in [4.78, 5) is 11.5. The monoisotopic (exact) mass is 306 g/mol. The molecule has 2 aromatic heterocycles. The lowest BCUT2D eigenvalue weighted by Gasteiger charge is -2.11. The molecule has 21 heavy (non-hydrogen) atoms. The van der Waals surface area contributed by atoms with Gasteiger partial charge in [0.2, 0.25) is 5.95 Å². The van der Waals surface area contributed by atoms with Crippen LogP contribution >= 0.6 is 11.3 Å². The third kappa shape index (κ3) is 3.27. The van der Waals surface area contributed by atoms with E-state index in [4.69, 9.17) is 4.74 Å². The van der Waals surface area contributed by atoms with Gasteiger partial charge in [0.15, 0.2) is 0 Å². The number of hydrogen-bond acceptors (Lipinski definition) is 6. The van der Waals surface area contributed by atoms with Crippen LogP contribution in [0.1, 0.15) is 31.1 Å². The third-order valence-corrected chi connectivity index (χ3v) is 4.97. The number of ether oxygens (including phenoxy) is 1. The topological polar surface area (TPSA) is 59.1 Å². The quantitative estimate of drug-likeness (QED) is 0.857. The fourth-order valence-corrected chi connectivity index (χ4v) is 3.58. The van der Waals surface area contributed by atoms with Gasteiger partial charge in [0, 0.05) is 25.1 Å². The van der Waals surface area contributed by atoms with E-state index in [1.807, 2.05) is 7.05 Å². The highest BCUT2D eigenvalue weighted by atomic mass is 32.1. The van der Waals surface area contributed by atoms with Crippen LogP contribution in [0.25, 0.3) is 10.2 Å². The van der Waals surface area contributed by atoms with Gasteiger partial charge in [0.25, 0.3) is 0 Å². The average molecular weight is 306 g/mol. The summed E-state index contributed by atoms with van der Waals surface area (Å²) in [7, 11) is 1.85. The van der Waals surface area contributed by atoms with Crippen molar-refractivity contribution in [1.29, 1.82) is 0 Å². The first-order valence-electron chi connectivity index (χ1n) is 7.64. The molecule has 1 saturated heterocycles. The second kappa shape index (κ2) is 6.58. The maximum Gasteiger partial charge on any atom is 0.225 e. The fourth-order valence-electron chi connectivity index (χ4n) is 2.62. The first kappa shape index (κ1) is 14.5. The second-order valence-electron chi connectivity index (χ2n) is 5.28. The van der Waals surface area contributed by atoms with Gasteiger partial charge in [-0.15, -0.1) is 11.3 Å². The molecule has 3 rings (SSSR count). The first-order valence-corrected chi connectivity index (χ1v) is 8.45.